The lowest BCUT2D eigenvalue weighted by atomic mass is 10.1. The highest BCUT2D eigenvalue weighted by molar-refractivity contribution is 7.89. The minimum atomic E-state index is -3.54. The zero-order valence-corrected chi connectivity index (χ0v) is 19.5. The largest absolute Gasteiger partial charge is 0.450 e. The number of hydrogen-bond donors (Lipinski definition) is 3. The highest BCUT2D eigenvalue weighted by Gasteiger charge is 2.23. The third kappa shape index (κ3) is 6.52. The van der Waals surface area contributed by atoms with Crippen molar-refractivity contribution in [2.24, 2.45) is 0 Å². The summed E-state index contributed by atoms with van der Waals surface area (Å²) in [6.45, 7) is 6.38. The van der Waals surface area contributed by atoms with Gasteiger partial charge in [-0.15, -0.1) is 0 Å². The standard InChI is InChI=1S/C20H28N6O6S/c1-4-25(5-2)33(30,31)15-9-7-14(8-10-15)11-12-22-16-13-17(24-20(27)32-6-3)23-19(21)18(16)26(28)29/h7-10,13H,4-6,11-12H2,1-3H3,(H4,21,22,23,24,27). The van der Waals surface area contributed by atoms with E-state index < -0.39 is 26.7 Å². The highest BCUT2D eigenvalue weighted by atomic mass is 32.2. The second kappa shape index (κ2) is 11.4. The summed E-state index contributed by atoms with van der Waals surface area (Å²) in [5.41, 5.74) is 6.22. The minimum absolute atomic E-state index is 0.00464. The molecule has 0 spiro atoms. The molecule has 2 aromatic rings. The van der Waals surface area contributed by atoms with Crippen LogP contribution in [0.2, 0.25) is 0 Å². The van der Waals surface area contributed by atoms with E-state index in [9.17, 15) is 23.3 Å². The van der Waals surface area contributed by atoms with Gasteiger partial charge < -0.3 is 15.8 Å². The molecule has 1 aromatic carbocycles. The average molecular weight is 481 g/mol. The number of sulfonamides is 1. The van der Waals surface area contributed by atoms with Crippen LogP contribution in [-0.4, -0.2) is 55.0 Å². The van der Waals surface area contributed by atoms with Crippen LogP contribution in [-0.2, 0) is 21.2 Å². The molecule has 1 amide bonds. The number of pyridine rings is 1. The van der Waals surface area contributed by atoms with E-state index in [1.165, 1.54) is 22.5 Å². The van der Waals surface area contributed by atoms with Gasteiger partial charge in [0.2, 0.25) is 15.8 Å². The SMILES string of the molecule is CCOC(=O)Nc1cc(NCCc2ccc(S(=O)(=O)N(CC)CC)cc2)c([N+](=O)[O-])c(N)n1. The number of rotatable bonds is 11. The van der Waals surface area contributed by atoms with Gasteiger partial charge >= 0.3 is 11.8 Å². The van der Waals surface area contributed by atoms with Crippen LogP contribution in [0.3, 0.4) is 0 Å². The van der Waals surface area contributed by atoms with Crippen LogP contribution < -0.4 is 16.4 Å². The Balaban J connectivity index is 2.13. The number of nitrogen functional groups attached to an aromatic ring is 1. The molecule has 0 aliphatic rings. The maximum Gasteiger partial charge on any atom is 0.412 e. The summed E-state index contributed by atoms with van der Waals surface area (Å²) in [6, 6.07) is 7.77. The van der Waals surface area contributed by atoms with E-state index in [0.29, 0.717) is 19.5 Å². The first-order valence-corrected chi connectivity index (χ1v) is 11.8. The molecular weight excluding hydrogens is 452 g/mol. The molecule has 180 valence electrons. The number of hydrogen-bond acceptors (Lipinski definition) is 9. The van der Waals surface area contributed by atoms with Gasteiger partial charge in [-0.1, -0.05) is 26.0 Å². The Hall–Kier alpha value is -3.45. The number of nitro groups is 1. The van der Waals surface area contributed by atoms with Crippen LogP contribution in [0.1, 0.15) is 26.3 Å². The molecule has 0 fully saturated rings. The molecule has 0 bridgehead atoms. The summed E-state index contributed by atoms with van der Waals surface area (Å²) < 4.78 is 31.3. The second-order valence-electron chi connectivity index (χ2n) is 6.80. The van der Waals surface area contributed by atoms with Gasteiger partial charge in [0.15, 0.2) is 0 Å². The van der Waals surface area contributed by atoms with Crippen molar-refractivity contribution in [1.82, 2.24) is 9.29 Å². The summed E-state index contributed by atoms with van der Waals surface area (Å²) in [5.74, 6) is -0.354. The van der Waals surface area contributed by atoms with Crippen molar-refractivity contribution >= 4 is 39.1 Å². The van der Waals surface area contributed by atoms with Crippen molar-refractivity contribution in [3.05, 3.63) is 46.0 Å². The Morgan fingerprint density at radius 1 is 1.21 bits per heavy atom. The molecule has 0 unspecified atom stereocenters. The Kier molecular flexibility index (Phi) is 8.94. The molecule has 1 heterocycles. The molecule has 0 saturated carbocycles. The number of nitrogens with two attached hydrogens (primary N) is 1. The third-order valence-corrected chi connectivity index (χ3v) is 6.77. The topological polar surface area (TPSA) is 170 Å². The minimum Gasteiger partial charge on any atom is -0.450 e. The van der Waals surface area contributed by atoms with Crippen LogP contribution >= 0.6 is 0 Å². The lowest BCUT2D eigenvalue weighted by Crippen LogP contribution is -2.30. The first-order chi connectivity index (χ1) is 15.6. The molecule has 2 rings (SSSR count). The van der Waals surface area contributed by atoms with Crippen molar-refractivity contribution in [3.8, 4) is 0 Å². The number of aromatic nitrogens is 1. The zero-order valence-electron chi connectivity index (χ0n) is 18.7. The lowest BCUT2D eigenvalue weighted by molar-refractivity contribution is -0.383. The van der Waals surface area contributed by atoms with Crippen LogP contribution in [0.25, 0.3) is 0 Å². The molecule has 4 N–H and O–H groups in total. The van der Waals surface area contributed by atoms with Crippen molar-refractivity contribution in [2.75, 3.05) is 42.6 Å². The summed E-state index contributed by atoms with van der Waals surface area (Å²) in [4.78, 5) is 26.4. The first-order valence-electron chi connectivity index (χ1n) is 10.4. The molecule has 13 heteroatoms. The molecule has 0 atom stereocenters. The van der Waals surface area contributed by atoms with E-state index in [-0.39, 0.29) is 35.4 Å². The van der Waals surface area contributed by atoms with Crippen molar-refractivity contribution in [3.63, 3.8) is 0 Å². The Bertz CT molecular complexity index is 1090. The van der Waals surface area contributed by atoms with Gasteiger partial charge in [0.1, 0.15) is 11.5 Å². The van der Waals surface area contributed by atoms with E-state index in [4.69, 9.17) is 10.5 Å². The number of ether oxygens (including phenoxy) is 1. The monoisotopic (exact) mass is 480 g/mol. The number of benzene rings is 1. The molecular formula is C20H28N6O6S. The van der Waals surface area contributed by atoms with E-state index in [1.807, 2.05) is 0 Å². The van der Waals surface area contributed by atoms with Crippen molar-refractivity contribution in [1.29, 1.82) is 0 Å². The number of amides is 1. The third-order valence-electron chi connectivity index (χ3n) is 4.70. The van der Waals surface area contributed by atoms with E-state index in [2.05, 4.69) is 15.6 Å². The second-order valence-corrected chi connectivity index (χ2v) is 8.74. The fourth-order valence-electron chi connectivity index (χ4n) is 3.10. The molecule has 33 heavy (non-hydrogen) atoms. The van der Waals surface area contributed by atoms with Gasteiger partial charge in [0, 0.05) is 25.7 Å². The Morgan fingerprint density at radius 3 is 2.39 bits per heavy atom. The van der Waals surface area contributed by atoms with E-state index >= 15 is 0 Å². The summed E-state index contributed by atoms with van der Waals surface area (Å²) >= 11 is 0. The number of carbonyl (C=O) groups is 1. The number of nitrogens with one attached hydrogen (secondary N) is 2. The molecule has 0 saturated heterocycles. The van der Waals surface area contributed by atoms with Gasteiger partial charge in [-0.3, -0.25) is 15.4 Å². The fraction of sp³-hybridized carbons (Fsp3) is 0.400. The molecule has 12 nitrogen and oxygen atoms in total. The van der Waals surface area contributed by atoms with Crippen LogP contribution in [0.15, 0.2) is 35.2 Å². The van der Waals surface area contributed by atoms with Gasteiger partial charge in [-0.05, 0) is 31.0 Å². The van der Waals surface area contributed by atoms with Crippen molar-refractivity contribution in [2.45, 2.75) is 32.1 Å². The number of carbonyl (C=O) groups excluding carboxylic acids is 1. The average Bonchev–Trinajstić information content (AvgIpc) is 2.74. The van der Waals surface area contributed by atoms with E-state index in [1.54, 1.807) is 32.9 Å². The summed E-state index contributed by atoms with van der Waals surface area (Å²) in [7, 11) is -3.54. The summed E-state index contributed by atoms with van der Waals surface area (Å²) in [6.07, 6.45) is -0.310. The number of anilines is 3. The highest BCUT2D eigenvalue weighted by Crippen LogP contribution is 2.32. The predicted octanol–water partition coefficient (Wildman–Crippen LogP) is 2.83. The first kappa shape index (κ1) is 25.8. The normalized spacial score (nSPS) is 11.3. The molecule has 0 radical (unpaired) electrons. The molecule has 0 aliphatic heterocycles. The van der Waals surface area contributed by atoms with Crippen LogP contribution in [0.4, 0.5) is 27.8 Å². The zero-order chi connectivity index (χ0) is 24.6. The van der Waals surface area contributed by atoms with Gasteiger partial charge in [-0.25, -0.2) is 18.2 Å². The maximum atomic E-state index is 12.6. The maximum absolute atomic E-state index is 12.6. The Morgan fingerprint density at radius 2 is 1.85 bits per heavy atom. The molecule has 1 aromatic heterocycles. The van der Waals surface area contributed by atoms with Gasteiger partial charge in [0.25, 0.3) is 0 Å². The lowest BCUT2D eigenvalue weighted by Gasteiger charge is -2.18. The van der Waals surface area contributed by atoms with Crippen molar-refractivity contribution < 1.29 is 22.9 Å². The smallest absolute Gasteiger partial charge is 0.412 e. The van der Waals surface area contributed by atoms with Gasteiger partial charge in [0.05, 0.1) is 16.4 Å². The number of nitrogens with zero attached hydrogens (tertiary/aromatic N) is 3. The quantitative estimate of drug-likeness (QED) is 0.323. The Labute approximate surface area is 192 Å². The summed E-state index contributed by atoms with van der Waals surface area (Å²) in [5, 5.41) is 16.7. The van der Waals surface area contributed by atoms with Gasteiger partial charge in [-0.2, -0.15) is 4.31 Å². The fourth-order valence-corrected chi connectivity index (χ4v) is 4.56. The molecule has 0 aliphatic carbocycles. The van der Waals surface area contributed by atoms with E-state index in [0.717, 1.165) is 5.56 Å². The van der Waals surface area contributed by atoms with Crippen LogP contribution in [0.5, 0.6) is 0 Å². The van der Waals surface area contributed by atoms with Crippen LogP contribution in [0, 0.1) is 10.1 Å². The predicted molar refractivity (Wildman–Crippen MR) is 125 cm³/mol.